The fourth-order valence-corrected chi connectivity index (χ4v) is 1.23. The maximum absolute atomic E-state index is 5.75. The van der Waals surface area contributed by atoms with E-state index in [0.717, 1.165) is 13.0 Å². The lowest BCUT2D eigenvalue weighted by molar-refractivity contribution is -0.00998. The van der Waals surface area contributed by atoms with Gasteiger partial charge >= 0.3 is 0 Å². The third-order valence-electron chi connectivity index (χ3n) is 2.49. The molecule has 0 aliphatic heterocycles. The summed E-state index contributed by atoms with van der Waals surface area (Å²) >= 11 is 0. The minimum Gasteiger partial charge on any atom is -0.374 e. The summed E-state index contributed by atoms with van der Waals surface area (Å²) < 4.78 is 5.75. The number of rotatable bonds is 6. The van der Waals surface area contributed by atoms with Crippen LogP contribution in [0.1, 0.15) is 34.1 Å². The van der Waals surface area contributed by atoms with Gasteiger partial charge in [-0.3, -0.25) is 4.90 Å². The molecule has 0 amide bonds. The quantitative estimate of drug-likeness (QED) is 0.605. The van der Waals surface area contributed by atoms with Crippen LogP contribution in [-0.2, 0) is 4.74 Å². The van der Waals surface area contributed by atoms with Crippen LogP contribution in [0.2, 0.25) is 0 Å². The van der Waals surface area contributed by atoms with Crippen molar-refractivity contribution in [1.29, 1.82) is 0 Å². The molecule has 0 heterocycles. The van der Waals surface area contributed by atoms with Crippen molar-refractivity contribution in [3.8, 4) is 12.3 Å². The monoisotopic (exact) mass is 197 g/mol. The van der Waals surface area contributed by atoms with E-state index >= 15 is 0 Å². The van der Waals surface area contributed by atoms with E-state index in [1.54, 1.807) is 0 Å². The van der Waals surface area contributed by atoms with Crippen molar-refractivity contribution in [2.45, 2.75) is 52.4 Å². The highest BCUT2D eigenvalue weighted by molar-refractivity contribution is 4.96. The lowest BCUT2D eigenvalue weighted by Crippen LogP contribution is -2.36. The van der Waals surface area contributed by atoms with Gasteiger partial charge < -0.3 is 4.74 Å². The van der Waals surface area contributed by atoms with Crippen molar-refractivity contribution in [2.75, 3.05) is 13.6 Å². The highest BCUT2D eigenvalue weighted by atomic mass is 16.5. The van der Waals surface area contributed by atoms with Crippen LogP contribution in [0.5, 0.6) is 0 Å². The first-order valence-corrected chi connectivity index (χ1v) is 5.33. The summed E-state index contributed by atoms with van der Waals surface area (Å²) in [6, 6.07) is 0.179. The maximum atomic E-state index is 5.75. The Morgan fingerprint density at radius 3 is 2.29 bits per heavy atom. The lowest BCUT2D eigenvalue weighted by Gasteiger charge is -2.26. The van der Waals surface area contributed by atoms with Crippen LogP contribution in [0, 0.1) is 12.3 Å². The predicted octanol–water partition coefficient (Wildman–Crippen LogP) is 2.14. The van der Waals surface area contributed by atoms with Gasteiger partial charge in [0.2, 0.25) is 0 Å². The summed E-state index contributed by atoms with van der Waals surface area (Å²) in [5.41, 5.74) is 0. The first kappa shape index (κ1) is 13.5. The van der Waals surface area contributed by atoms with E-state index in [4.69, 9.17) is 11.2 Å². The zero-order valence-corrected chi connectivity index (χ0v) is 10.1. The smallest absolute Gasteiger partial charge is 0.0681 e. The van der Waals surface area contributed by atoms with E-state index in [1.807, 2.05) is 14.0 Å². The molecule has 0 aliphatic carbocycles. The Bertz CT molecular complexity index is 185. The largest absolute Gasteiger partial charge is 0.374 e. The number of terminal acetylenes is 1. The Morgan fingerprint density at radius 2 is 1.86 bits per heavy atom. The molecule has 0 saturated heterocycles. The highest BCUT2D eigenvalue weighted by Gasteiger charge is 2.12. The van der Waals surface area contributed by atoms with E-state index in [-0.39, 0.29) is 12.1 Å². The Balaban J connectivity index is 3.82. The van der Waals surface area contributed by atoms with Gasteiger partial charge in [-0.05, 0) is 34.2 Å². The second-order valence-electron chi connectivity index (χ2n) is 3.95. The second kappa shape index (κ2) is 6.86. The molecule has 0 rings (SSSR count). The van der Waals surface area contributed by atoms with Gasteiger partial charge in [0, 0.05) is 6.54 Å². The van der Waals surface area contributed by atoms with Crippen molar-refractivity contribution < 1.29 is 4.74 Å². The summed E-state index contributed by atoms with van der Waals surface area (Å²) in [6.07, 6.45) is 6.97. The molecule has 0 aliphatic rings. The van der Waals surface area contributed by atoms with Crippen molar-refractivity contribution in [3.63, 3.8) is 0 Å². The summed E-state index contributed by atoms with van der Waals surface area (Å²) in [7, 11) is 2.03. The molecule has 0 aromatic heterocycles. The molecule has 2 nitrogen and oxygen atoms in total. The molecule has 2 heteroatoms. The van der Waals surface area contributed by atoms with Crippen molar-refractivity contribution in [3.05, 3.63) is 0 Å². The third-order valence-corrected chi connectivity index (χ3v) is 2.49. The zero-order chi connectivity index (χ0) is 11.1. The normalized spacial score (nSPS) is 17.5. The van der Waals surface area contributed by atoms with Crippen LogP contribution >= 0.6 is 0 Å². The summed E-state index contributed by atoms with van der Waals surface area (Å²) in [5.74, 6) is 2.71. The molecular weight excluding hydrogens is 174 g/mol. The molecule has 82 valence electrons. The van der Waals surface area contributed by atoms with Crippen LogP contribution in [0.15, 0.2) is 0 Å². The van der Waals surface area contributed by atoms with E-state index in [2.05, 4.69) is 31.6 Å². The SMILES string of the molecule is C#C[C@@H](C)N(C)C[C@H](C)OC(C)CC. The van der Waals surface area contributed by atoms with Crippen LogP contribution in [-0.4, -0.2) is 36.7 Å². The molecule has 0 saturated carbocycles. The molecule has 0 bridgehead atoms. The van der Waals surface area contributed by atoms with Gasteiger partial charge in [0.1, 0.15) is 0 Å². The fraction of sp³-hybridized carbons (Fsp3) is 0.833. The van der Waals surface area contributed by atoms with E-state index < -0.39 is 0 Å². The molecule has 14 heavy (non-hydrogen) atoms. The molecule has 1 unspecified atom stereocenters. The minimum atomic E-state index is 0.179. The maximum Gasteiger partial charge on any atom is 0.0681 e. The third kappa shape index (κ3) is 5.26. The summed E-state index contributed by atoms with van der Waals surface area (Å²) in [6.45, 7) is 9.23. The van der Waals surface area contributed by atoms with Crippen molar-refractivity contribution >= 4 is 0 Å². The number of hydrogen-bond donors (Lipinski definition) is 0. The lowest BCUT2D eigenvalue weighted by atomic mass is 10.2. The van der Waals surface area contributed by atoms with Crippen molar-refractivity contribution in [2.24, 2.45) is 0 Å². The van der Waals surface area contributed by atoms with Crippen molar-refractivity contribution in [1.82, 2.24) is 4.90 Å². The average molecular weight is 197 g/mol. The summed E-state index contributed by atoms with van der Waals surface area (Å²) in [4.78, 5) is 2.13. The Labute approximate surface area is 88.6 Å². The second-order valence-corrected chi connectivity index (χ2v) is 3.95. The van der Waals surface area contributed by atoms with Gasteiger partial charge in [-0.15, -0.1) is 6.42 Å². The zero-order valence-electron chi connectivity index (χ0n) is 10.1. The Hall–Kier alpha value is -0.520. The first-order valence-electron chi connectivity index (χ1n) is 5.33. The molecule has 0 aromatic carbocycles. The van der Waals surface area contributed by atoms with Crippen LogP contribution < -0.4 is 0 Å². The number of hydrogen-bond acceptors (Lipinski definition) is 2. The molecular formula is C12H23NO. The van der Waals surface area contributed by atoms with Gasteiger partial charge in [0.25, 0.3) is 0 Å². The fourth-order valence-electron chi connectivity index (χ4n) is 1.23. The topological polar surface area (TPSA) is 12.5 Å². The van der Waals surface area contributed by atoms with Crippen LogP contribution in [0.25, 0.3) is 0 Å². The Morgan fingerprint density at radius 1 is 1.29 bits per heavy atom. The molecule has 0 fully saturated rings. The average Bonchev–Trinajstić information content (AvgIpc) is 2.15. The van der Waals surface area contributed by atoms with E-state index in [0.29, 0.717) is 6.10 Å². The van der Waals surface area contributed by atoms with Gasteiger partial charge in [0.15, 0.2) is 0 Å². The Kier molecular flexibility index (Phi) is 6.61. The van der Waals surface area contributed by atoms with E-state index in [9.17, 15) is 0 Å². The minimum absolute atomic E-state index is 0.179. The number of nitrogens with zero attached hydrogens (tertiary/aromatic N) is 1. The van der Waals surface area contributed by atoms with Gasteiger partial charge in [0.05, 0.1) is 18.2 Å². The standard InChI is InChI=1S/C12H23NO/c1-7-10(3)13(6)9-12(5)14-11(4)8-2/h1,10-12H,8-9H2,2-6H3/t10-,11?,12+/m1/s1. The first-order chi connectivity index (χ1) is 6.51. The van der Waals surface area contributed by atoms with Gasteiger partial charge in [-0.1, -0.05) is 12.8 Å². The highest BCUT2D eigenvalue weighted by Crippen LogP contribution is 2.04. The molecule has 3 atom stereocenters. The van der Waals surface area contributed by atoms with Crippen LogP contribution in [0.4, 0.5) is 0 Å². The van der Waals surface area contributed by atoms with Gasteiger partial charge in [-0.2, -0.15) is 0 Å². The number of likely N-dealkylation sites (N-methyl/N-ethyl adjacent to an activating group) is 1. The molecule has 0 spiro atoms. The van der Waals surface area contributed by atoms with E-state index in [1.165, 1.54) is 0 Å². The number of ether oxygens (including phenoxy) is 1. The van der Waals surface area contributed by atoms with Gasteiger partial charge in [-0.25, -0.2) is 0 Å². The summed E-state index contributed by atoms with van der Waals surface area (Å²) in [5, 5.41) is 0. The molecule has 0 radical (unpaired) electrons. The van der Waals surface area contributed by atoms with Crippen LogP contribution in [0.3, 0.4) is 0 Å². The molecule has 0 N–H and O–H groups in total. The predicted molar refractivity (Wildman–Crippen MR) is 61.2 cm³/mol. The molecule has 0 aromatic rings.